The molecule has 3 nitrogen and oxygen atoms in total. The molecular formula is C11H16O3. The van der Waals surface area contributed by atoms with E-state index < -0.39 is 6.10 Å². The number of hydrogen-bond donors (Lipinski definition) is 1. The molecule has 1 aromatic rings. The highest BCUT2D eigenvalue weighted by molar-refractivity contribution is 5.20. The zero-order valence-corrected chi connectivity index (χ0v) is 8.35. The highest BCUT2D eigenvalue weighted by atomic mass is 16.5. The fourth-order valence-corrected chi connectivity index (χ4v) is 1.05. The number of aliphatic hydroxyl groups excluding tert-OH is 1. The van der Waals surface area contributed by atoms with E-state index in [0.29, 0.717) is 19.6 Å². The lowest BCUT2D eigenvalue weighted by atomic mass is 10.3. The highest BCUT2D eigenvalue weighted by Crippen LogP contribution is 2.08. The minimum absolute atomic E-state index is 0.313. The maximum Gasteiger partial charge on any atom is 0.119 e. The number of para-hydroxylation sites is 1. The van der Waals surface area contributed by atoms with Crippen LogP contribution in [-0.4, -0.2) is 31.5 Å². The quantitative estimate of drug-likeness (QED) is 0.748. The fourth-order valence-electron chi connectivity index (χ4n) is 1.05. The van der Waals surface area contributed by atoms with Gasteiger partial charge < -0.3 is 14.6 Å². The second kappa shape index (κ2) is 6.40. The average molecular weight is 196 g/mol. The minimum atomic E-state index is -0.463. The predicted octanol–water partition coefficient (Wildman–Crippen LogP) is 1.46. The number of methoxy groups -OCH3 is 1. The Hall–Kier alpha value is -1.06. The molecular weight excluding hydrogens is 180 g/mol. The molecule has 0 fully saturated rings. The highest BCUT2D eigenvalue weighted by Gasteiger charge is 2.04. The van der Waals surface area contributed by atoms with Gasteiger partial charge >= 0.3 is 0 Å². The summed E-state index contributed by atoms with van der Waals surface area (Å²) in [5, 5.41) is 9.44. The third kappa shape index (κ3) is 4.25. The third-order valence-electron chi connectivity index (χ3n) is 1.84. The molecule has 1 atom stereocenters. The molecule has 0 saturated heterocycles. The summed E-state index contributed by atoms with van der Waals surface area (Å²) in [5.74, 6) is 0.781. The van der Waals surface area contributed by atoms with Crippen LogP contribution in [0.5, 0.6) is 5.75 Å². The normalized spacial score (nSPS) is 12.4. The molecule has 3 heteroatoms. The monoisotopic (exact) mass is 196 g/mol. The van der Waals surface area contributed by atoms with Crippen molar-refractivity contribution >= 4 is 0 Å². The topological polar surface area (TPSA) is 38.7 Å². The Kier molecular flexibility index (Phi) is 5.04. The van der Waals surface area contributed by atoms with Gasteiger partial charge in [-0.3, -0.25) is 0 Å². The molecule has 0 saturated carbocycles. The third-order valence-corrected chi connectivity index (χ3v) is 1.84. The minimum Gasteiger partial charge on any atom is -0.491 e. The maximum absolute atomic E-state index is 9.44. The fraction of sp³-hybridized carbons (Fsp3) is 0.455. The standard InChI is InChI=1S/C11H16O3/c1-13-8-7-10(12)9-14-11-5-3-2-4-6-11/h2-6,10,12H,7-9H2,1H3. The van der Waals surface area contributed by atoms with E-state index in [4.69, 9.17) is 9.47 Å². The van der Waals surface area contributed by atoms with Gasteiger partial charge in [0.1, 0.15) is 12.4 Å². The van der Waals surface area contributed by atoms with E-state index in [1.165, 1.54) is 0 Å². The van der Waals surface area contributed by atoms with Crippen LogP contribution in [0.25, 0.3) is 0 Å². The summed E-state index contributed by atoms with van der Waals surface area (Å²) in [6.45, 7) is 0.868. The van der Waals surface area contributed by atoms with Gasteiger partial charge in [-0.2, -0.15) is 0 Å². The van der Waals surface area contributed by atoms with Crippen LogP contribution >= 0.6 is 0 Å². The van der Waals surface area contributed by atoms with Crippen molar-refractivity contribution in [1.82, 2.24) is 0 Å². The zero-order valence-electron chi connectivity index (χ0n) is 8.35. The van der Waals surface area contributed by atoms with Crippen molar-refractivity contribution in [1.29, 1.82) is 0 Å². The first-order valence-electron chi connectivity index (χ1n) is 4.68. The van der Waals surface area contributed by atoms with Crippen molar-refractivity contribution in [2.24, 2.45) is 0 Å². The maximum atomic E-state index is 9.44. The van der Waals surface area contributed by atoms with E-state index in [0.717, 1.165) is 5.75 Å². The van der Waals surface area contributed by atoms with Crippen molar-refractivity contribution in [3.05, 3.63) is 30.3 Å². The van der Waals surface area contributed by atoms with Crippen LogP contribution in [0.4, 0.5) is 0 Å². The Labute approximate surface area is 84.3 Å². The summed E-state index contributed by atoms with van der Waals surface area (Å²) >= 11 is 0. The summed E-state index contributed by atoms with van der Waals surface area (Å²) in [4.78, 5) is 0. The molecule has 0 aromatic heterocycles. The summed E-state index contributed by atoms with van der Waals surface area (Å²) in [6.07, 6.45) is 0.138. The molecule has 0 heterocycles. The van der Waals surface area contributed by atoms with Crippen LogP contribution in [0.2, 0.25) is 0 Å². The van der Waals surface area contributed by atoms with Crippen molar-refractivity contribution in [3.8, 4) is 5.75 Å². The van der Waals surface area contributed by atoms with Crippen LogP contribution in [0, 0.1) is 0 Å². The SMILES string of the molecule is COCCC(O)COc1ccccc1. The summed E-state index contributed by atoms with van der Waals surface area (Å²) in [7, 11) is 1.62. The molecule has 0 spiro atoms. The molecule has 14 heavy (non-hydrogen) atoms. The molecule has 1 aromatic carbocycles. The van der Waals surface area contributed by atoms with Gasteiger partial charge in [0.15, 0.2) is 0 Å². The van der Waals surface area contributed by atoms with Crippen molar-refractivity contribution in [3.63, 3.8) is 0 Å². The number of aliphatic hydroxyl groups is 1. The van der Waals surface area contributed by atoms with Crippen LogP contribution < -0.4 is 4.74 Å². The Balaban J connectivity index is 2.20. The van der Waals surface area contributed by atoms with Gasteiger partial charge in [-0.15, -0.1) is 0 Å². The largest absolute Gasteiger partial charge is 0.491 e. The van der Waals surface area contributed by atoms with E-state index in [-0.39, 0.29) is 0 Å². The van der Waals surface area contributed by atoms with Crippen LogP contribution in [0.1, 0.15) is 6.42 Å². The lowest BCUT2D eigenvalue weighted by Gasteiger charge is -2.11. The molecule has 0 aliphatic rings. The number of hydrogen-bond acceptors (Lipinski definition) is 3. The van der Waals surface area contributed by atoms with E-state index in [9.17, 15) is 5.11 Å². The van der Waals surface area contributed by atoms with E-state index in [1.54, 1.807) is 7.11 Å². The molecule has 0 radical (unpaired) electrons. The lowest BCUT2D eigenvalue weighted by Crippen LogP contribution is -2.19. The smallest absolute Gasteiger partial charge is 0.119 e. The molecule has 1 N–H and O–H groups in total. The first-order valence-corrected chi connectivity index (χ1v) is 4.68. The first kappa shape index (κ1) is 11.0. The van der Waals surface area contributed by atoms with Crippen LogP contribution in [-0.2, 0) is 4.74 Å². The molecule has 1 unspecified atom stereocenters. The second-order valence-electron chi connectivity index (χ2n) is 3.06. The van der Waals surface area contributed by atoms with Gasteiger partial charge in [-0.05, 0) is 18.6 Å². The molecule has 0 bridgehead atoms. The Morgan fingerprint density at radius 2 is 2.00 bits per heavy atom. The van der Waals surface area contributed by atoms with E-state index in [1.807, 2.05) is 30.3 Å². The number of benzene rings is 1. The van der Waals surface area contributed by atoms with Crippen LogP contribution in [0.15, 0.2) is 30.3 Å². The van der Waals surface area contributed by atoms with Gasteiger partial charge in [0.2, 0.25) is 0 Å². The Morgan fingerprint density at radius 1 is 1.29 bits per heavy atom. The molecule has 78 valence electrons. The van der Waals surface area contributed by atoms with Crippen molar-refractivity contribution in [2.75, 3.05) is 20.3 Å². The number of ether oxygens (including phenoxy) is 2. The van der Waals surface area contributed by atoms with Gasteiger partial charge in [-0.25, -0.2) is 0 Å². The molecule has 1 rings (SSSR count). The summed E-state index contributed by atoms with van der Waals surface area (Å²) < 4.78 is 10.2. The second-order valence-corrected chi connectivity index (χ2v) is 3.06. The lowest BCUT2D eigenvalue weighted by molar-refractivity contribution is 0.0706. The predicted molar refractivity (Wildman–Crippen MR) is 54.4 cm³/mol. The van der Waals surface area contributed by atoms with Gasteiger partial charge in [-0.1, -0.05) is 18.2 Å². The zero-order chi connectivity index (χ0) is 10.2. The van der Waals surface area contributed by atoms with Crippen molar-refractivity contribution in [2.45, 2.75) is 12.5 Å². The Morgan fingerprint density at radius 3 is 2.64 bits per heavy atom. The molecule has 0 amide bonds. The van der Waals surface area contributed by atoms with Gasteiger partial charge in [0.05, 0.1) is 6.10 Å². The summed E-state index contributed by atoms with van der Waals surface area (Å²) in [6, 6.07) is 9.45. The van der Waals surface area contributed by atoms with Crippen molar-refractivity contribution < 1.29 is 14.6 Å². The molecule has 0 aliphatic heterocycles. The average Bonchev–Trinajstić information content (AvgIpc) is 2.25. The van der Waals surface area contributed by atoms with E-state index in [2.05, 4.69) is 0 Å². The summed E-state index contributed by atoms with van der Waals surface area (Å²) in [5.41, 5.74) is 0. The van der Waals surface area contributed by atoms with Crippen LogP contribution in [0.3, 0.4) is 0 Å². The Bertz CT molecular complexity index is 236. The number of rotatable bonds is 6. The first-order chi connectivity index (χ1) is 6.83. The van der Waals surface area contributed by atoms with E-state index >= 15 is 0 Å². The van der Waals surface area contributed by atoms with Gasteiger partial charge in [0, 0.05) is 13.7 Å². The molecule has 0 aliphatic carbocycles. The van der Waals surface area contributed by atoms with Gasteiger partial charge in [0.25, 0.3) is 0 Å².